The average Bonchev–Trinajstić information content (AvgIpc) is 3.29. The largest absolute Gasteiger partial charge is 0.462 e. The van der Waals surface area contributed by atoms with Crippen LogP contribution in [0, 0.1) is 0 Å². The summed E-state index contributed by atoms with van der Waals surface area (Å²) in [7, 11) is 0. The van der Waals surface area contributed by atoms with E-state index < -0.39 is 6.10 Å². The molecule has 0 N–H and O–H groups in total. The highest BCUT2D eigenvalue weighted by molar-refractivity contribution is 5.71. The van der Waals surface area contributed by atoms with Crippen LogP contribution in [-0.4, -0.2) is 37.2 Å². The molecule has 0 spiro atoms. The topological polar surface area (TPSA) is 78.9 Å². The van der Waals surface area contributed by atoms with Gasteiger partial charge < -0.3 is 14.2 Å². The van der Waals surface area contributed by atoms with Crippen LogP contribution in [0.2, 0.25) is 0 Å². The summed E-state index contributed by atoms with van der Waals surface area (Å²) in [6.45, 7) is 6.50. The zero-order valence-electron chi connectivity index (χ0n) is 42.6. The second-order valence-corrected chi connectivity index (χ2v) is 18.5. The molecule has 0 bridgehead atoms. The van der Waals surface area contributed by atoms with Gasteiger partial charge in [-0.2, -0.15) is 0 Å². The number of hydrogen-bond acceptors (Lipinski definition) is 6. The summed E-state index contributed by atoms with van der Waals surface area (Å²) < 4.78 is 16.8. The van der Waals surface area contributed by atoms with Crippen molar-refractivity contribution in [2.75, 3.05) is 13.2 Å². The SMILES string of the molecule is CC/C=C\C/C=C\C/C=C\CCCC(=O)OCC(COC(=O)CCCCCCC/C=C\CCCCCCCCCCC)OC(=O)CCCCCCCCCCCCCCCCCCC. The van der Waals surface area contributed by atoms with Crippen LogP contribution in [-0.2, 0) is 28.6 Å². The van der Waals surface area contributed by atoms with Gasteiger partial charge in [-0.25, -0.2) is 0 Å². The molecule has 6 nitrogen and oxygen atoms in total. The summed E-state index contributed by atoms with van der Waals surface area (Å²) >= 11 is 0. The smallest absolute Gasteiger partial charge is 0.306 e. The van der Waals surface area contributed by atoms with Crippen LogP contribution < -0.4 is 0 Å². The third kappa shape index (κ3) is 50.4. The molecule has 64 heavy (non-hydrogen) atoms. The molecule has 0 saturated carbocycles. The molecule has 0 aliphatic rings. The maximum absolute atomic E-state index is 12.8. The predicted molar refractivity (Wildman–Crippen MR) is 275 cm³/mol. The summed E-state index contributed by atoms with van der Waals surface area (Å²) in [5.41, 5.74) is 0. The van der Waals surface area contributed by atoms with E-state index in [0.29, 0.717) is 19.3 Å². The molecule has 0 aromatic carbocycles. The maximum Gasteiger partial charge on any atom is 0.306 e. The molecule has 0 aromatic heterocycles. The summed E-state index contributed by atoms with van der Waals surface area (Å²) in [4.78, 5) is 38.0. The van der Waals surface area contributed by atoms with Gasteiger partial charge in [-0.1, -0.05) is 243 Å². The van der Waals surface area contributed by atoms with Crippen LogP contribution in [0.1, 0.15) is 284 Å². The first kappa shape index (κ1) is 61.4. The van der Waals surface area contributed by atoms with Crippen LogP contribution in [0.4, 0.5) is 0 Å². The molecule has 0 amide bonds. The minimum atomic E-state index is -0.793. The van der Waals surface area contributed by atoms with E-state index in [0.717, 1.165) is 70.6 Å². The van der Waals surface area contributed by atoms with E-state index in [4.69, 9.17) is 14.2 Å². The Morgan fingerprint density at radius 3 is 1.03 bits per heavy atom. The molecule has 372 valence electrons. The van der Waals surface area contributed by atoms with Crippen molar-refractivity contribution >= 4 is 17.9 Å². The molecule has 0 radical (unpaired) electrons. The zero-order valence-corrected chi connectivity index (χ0v) is 42.6. The monoisotopic (exact) mass is 897 g/mol. The van der Waals surface area contributed by atoms with Gasteiger partial charge in [0.2, 0.25) is 0 Å². The quantitative estimate of drug-likeness (QED) is 0.0262. The molecular weight excluding hydrogens is 793 g/mol. The molecule has 6 heteroatoms. The van der Waals surface area contributed by atoms with Crippen molar-refractivity contribution in [1.29, 1.82) is 0 Å². The molecule has 0 fully saturated rings. The Bertz CT molecular complexity index is 1120. The van der Waals surface area contributed by atoms with Crippen molar-refractivity contribution in [3.05, 3.63) is 48.6 Å². The van der Waals surface area contributed by atoms with Crippen LogP contribution in [0.5, 0.6) is 0 Å². The van der Waals surface area contributed by atoms with E-state index >= 15 is 0 Å². The number of ether oxygens (including phenoxy) is 3. The first-order valence-electron chi connectivity index (χ1n) is 27.6. The minimum absolute atomic E-state index is 0.0905. The van der Waals surface area contributed by atoms with E-state index in [1.165, 1.54) is 167 Å². The van der Waals surface area contributed by atoms with Crippen molar-refractivity contribution < 1.29 is 28.6 Å². The van der Waals surface area contributed by atoms with E-state index in [9.17, 15) is 14.4 Å². The van der Waals surface area contributed by atoms with Gasteiger partial charge in [0.1, 0.15) is 13.2 Å². The van der Waals surface area contributed by atoms with Crippen LogP contribution in [0.3, 0.4) is 0 Å². The van der Waals surface area contributed by atoms with Gasteiger partial charge in [-0.05, 0) is 70.6 Å². The molecule has 1 unspecified atom stereocenters. The molecular formula is C58H104O6. The van der Waals surface area contributed by atoms with Gasteiger partial charge in [0.05, 0.1) is 0 Å². The van der Waals surface area contributed by atoms with Gasteiger partial charge in [-0.3, -0.25) is 14.4 Å². The number of carbonyl (C=O) groups is 3. The maximum atomic E-state index is 12.8. The lowest BCUT2D eigenvalue weighted by Crippen LogP contribution is -2.30. The highest BCUT2D eigenvalue weighted by Gasteiger charge is 2.19. The van der Waals surface area contributed by atoms with Crippen LogP contribution in [0.25, 0.3) is 0 Å². The van der Waals surface area contributed by atoms with Gasteiger partial charge in [0.15, 0.2) is 6.10 Å². The fourth-order valence-electron chi connectivity index (χ4n) is 7.93. The van der Waals surface area contributed by atoms with Crippen molar-refractivity contribution in [2.24, 2.45) is 0 Å². The van der Waals surface area contributed by atoms with Gasteiger partial charge >= 0.3 is 17.9 Å². The fourth-order valence-corrected chi connectivity index (χ4v) is 7.93. The predicted octanol–water partition coefficient (Wildman–Crippen LogP) is 18.3. The number of unbranched alkanes of at least 4 members (excludes halogenated alkanes) is 31. The normalized spacial score (nSPS) is 12.4. The molecule has 1 atom stereocenters. The molecule has 0 aliphatic heterocycles. The Morgan fingerprint density at radius 2 is 0.625 bits per heavy atom. The van der Waals surface area contributed by atoms with Crippen LogP contribution >= 0.6 is 0 Å². The highest BCUT2D eigenvalue weighted by atomic mass is 16.6. The van der Waals surface area contributed by atoms with E-state index in [1.54, 1.807) is 0 Å². The van der Waals surface area contributed by atoms with Gasteiger partial charge in [-0.15, -0.1) is 0 Å². The lowest BCUT2D eigenvalue weighted by atomic mass is 10.0. The van der Waals surface area contributed by atoms with Crippen molar-refractivity contribution in [1.82, 2.24) is 0 Å². The Morgan fingerprint density at radius 1 is 0.328 bits per heavy atom. The second-order valence-electron chi connectivity index (χ2n) is 18.5. The Balaban J connectivity index is 4.35. The first-order valence-corrected chi connectivity index (χ1v) is 27.6. The lowest BCUT2D eigenvalue weighted by molar-refractivity contribution is -0.167. The number of esters is 3. The molecule has 0 heterocycles. The lowest BCUT2D eigenvalue weighted by Gasteiger charge is -2.18. The first-order chi connectivity index (χ1) is 31.5. The number of allylic oxidation sites excluding steroid dienone is 8. The van der Waals surface area contributed by atoms with Crippen molar-refractivity contribution in [2.45, 2.75) is 290 Å². The van der Waals surface area contributed by atoms with E-state index in [-0.39, 0.29) is 37.5 Å². The second kappa shape index (κ2) is 53.0. The van der Waals surface area contributed by atoms with Gasteiger partial charge in [0.25, 0.3) is 0 Å². The summed E-state index contributed by atoms with van der Waals surface area (Å²) in [5, 5.41) is 0. The molecule has 0 rings (SSSR count). The summed E-state index contributed by atoms with van der Waals surface area (Å²) in [5.74, 6) is -0.943. The average molecular weight is 897 g/mol. The third-order valence-corrected chi connectivity index (χ3v) is 12.1. The fraction of sp³-hybridized carbons (Fsp3) is 0.810. The molecule has 0 aromatic rings. The summed E-state index contributed by atoms with van der Waals surface area (Å²) in [6, 6.07) is 0. The Labute approximate surface area is 397 Å². The number of hydrogen-bond donors (Lipinski definition) is 0. The Kier molecular flexibility index (Phi) is 50.8. The van der Waals surface area contributed by atoms with Crippen LogP contribution in [0.15, 0.2) is 48.6 Å². The molecule has 0 aliphatic carbocycles. The zero-order chi connectivity index (χ0) is 46.5. The summed E-state index contributed by atoms with van der Waals surface area (Å²) in [6.07, 6.45) is 64.0. The van der Waals surface area contributed by atoms with Gasteiger partial charge in [0, 0.05) is 19.3 Å². The standard InChI is InChI=1S/C58H104O6/c1-4-7-10-13-16-19-22-24-26-28-30-31-33-36-39-42-45-48-51-57(60)63-54-55(53-62-56(59)50-47-44-41-38-35-21-18-15-12-9-6-3)64-58(61)52-49-46-43-40-37-34-32-29-27-25-23-20-17-14-11-8-5-2/h9,12,18,21,30-31,38,41,55H,4-8,10-11,13-17,19-20,22-29,32-37,39-40,42-54H2,1-3H3/b12-9-,21-18-,31-30-,41-38-. The van der Waals surface area contributed by atoms with Crippen molar-refractivity contribution in [3.8, 4) is 0 Å². The van der Waals surface area contributed by atoms with E-state index in [1.807, 2.05) is 0 Å². The van der Waals surface area contributed by atoms with E-state index in [2.05, 4.69) is 69.4 Å². The minimum Gasteiger partial charge on any atom is -0.462 e. The molecule has 0 saturated heterocycles. The number of carbonyl (C=O) groups excluding carboxylic acids is 3. The van der Waals surface area contributed by atoms with Crippen molar-refractivity contribution in [3.63, 3.8) is 0 Å². The highest BCUT2D eigenvalue weighted by Crippen LogP contribution is 2.16. The number of rotatable bonds is 50. The third-order valence-electron chi connectivity index (χ3n) is 12.1. The Hall–Kier alpha value is -2.63.